The maximum Gasteiger partial charge on any atom is 0.255 e. The molecule has 3 rings (SSSR count). The Hall–Kier alpha value is -1.45. The molecule has 1 atom stereocenters. The second kappa shape index (κ2) is 8.77. The van der Waals surface area contributed by atoms with E-state index in [-0.39, 0.29) is 11.3 Å². The SMILES string of the molecule is CCCCCc1ccc(C(=O)N2CCSC2c2cccc(Cl)c2)cc1. The van der Waals surface area contributed by atoms with Gasteiger partial charge in [-0.05, 0) is 48.2 Å². The molecular weight excluding hydrogens is 350 g/mol. The standard InChI is InChI=1S/C21H24ClNOS/c1-2-3-4-6-16-9-11-17(12-10-16)20(24)23-13-14-25-21(23)18-7-5-8-19(22)15-18/h5,7-12,15,21H,2-4,6,13-14H2,1H3. The summed E-state index contributed by atoms with van der Waals surface area (Å²) in [5, 5.41) is 0.768. The van der Waals surface area contributed by atoms with Crippen LogP contribution in [0.5, 0.6) is 0 Å². The first-order valence-electron chi connectivity index (χ1n) is 8.96. The molecule has 1 saturated heterocycles. The van der Waals surface area contributed by atoms with E-state index in [1.807, 2.05) is 41.3 Å². The van der Waals surface area contributed by atoms with Crippen molar-refractivity contribution in [2.75, 3.05) is 12.3 Å². The van der Waals surface area contributed by atoms with Gasteiger partial charge in [0.1, 0.15) is 5.37 Å². The number of halogens is 1. The number of carbonyl (C=O) groups excluding carboxylic acids is 1. The van der Waals surface area contributed by atoms with Gasteiger partial charge in [0.25, 0.3) is 5.91 Å². The second-order valence-corrected chi connectivity index (χ2v) is 8.06. The number of aryl methyl sites for hydroxylation is 1. The Labute approximate surface area is 159 Å². The van der Waals surface area contributed by atoms with Gasteiger partial charge in [0.15, 0.2) is 0 Å². The minimum absolute atomic E-state index is 0.0513. The molecule has 1 amide bonds. The highest BCUT2D eigenvalue weighted by Crippen LogP contribution is 2.39. The van der Waals surface area contributed by atoms with E-state index in [9.17, 15) is 4.79 Å². The van der Waals surface area contributed by atoms with Crippen molar-refractivity contribution in [2.45, 2.75) is 38.0 Å². The molecule has 0 aromatic heterocycles. The Kier molecular flexibility index (Phi) is 6.44. The number of hydrogen-bond acceptors (Lipinski definition) is 2. The van der Waals surface area contributed by atoms with Crippen molar-refractivity contribution in [3.63, 3.8) is 0 Å². The van der Waals surface area contributed by atoms with Crippen LogP contribution in [0.15, 0.2) is 48.5 Å². The first-order valence-corrected chi connectivity index (χ1v) is 10.4. The van der Waals surface area contributed by atoms with E-state index in [1.54, 1.807) is 11.8 Å². The van der Waals surface area contributed by atoms with Crippen LogP contribution in [0.1, 0.15) is 53.0 Å². The second-order valence-electron chi connectivity index (χ2n) is 6.43. The fraction of sp³-hybridized carbons (Fsp3) is 0.381. The van der Waals surface area contributed by atoms with Crippen LogP contribution in [0.25, 0.3) is 0 Å². The third-order valence-corrected chi connectivity index (χ3v) is 6.05. The molecule has 132 valence electrons. The monoisotopic (exact) mass is 373 g/mol. The van der Waals surface area contributed by atoms with Crippen LogP contribution in [0, 0.1) is 0 Å². The first kappa shape index (κ1) is 18.3. The van der Waals surface area contributed by atoms with E-state index in [4.69, 9.17) is 11.6 Å². The highest BCUT2D eigenvalue weighted by molar-refractivity contribution is 7.99. The highest BCUT2D eigenvalue weighted by Gasteiger charge is 2.31. The Bertz CT molecular complexity index is 716. The molecule has 1 aliphatic rings. The molecule has 1 aliphatic heterocycles. The maximum atomic E-state index is 13.0. The highest BCUT2D eigenvalue weighted by atomic mass is 35.5. The van der Waals surface area contributed by atoms with Gasteiger partial charge in [0, 0.05) is 22.9 Å². The van der Waals surface area contributed by atoms with Crippen molar-refractivity contribution in [3.8, 4) is 0 Å². The number of hydrogen-bond donors (Lipinski definition) is 0. The molecule has 1 heterocycles. The minimum atomic E-state index is 0.0513. The lowest BCUT2D eigenvalue weighted by Gasteiger charge is -2.24. The van der Waals surface area contributed by atoms with Crippen LogP contribution in [0.2, 0.25) is 5.02 Å². The number of rotatable bonds is 6. The van der Waals surface area contributed by atoms with Crippen LogP contribution >= 0.6 is 23.4 Å². The summed E-state index contributed by atoms with van der Waals surface area (Å²) >= 11 is 7.92. The molecule has 25 heavy (non-hydrogen) atoms. The van der Waals surface area contributed by atoms with Gasteiger partial charge in [-0.2, -0.15) is 0 Å². The van der Waals surface area contributed by atoms with Crippen molar-refractivity contribution in [1.29, 1.82) is 0 Å². The van der Waals surface area contributed by atoms with Crippen molar-refractivity contribution in [1.82, 2.24) is 4.90 Å². The number of amides is 1. The molecule has 2 aromatic carbocycles. The van der Waals surface area contributed by atoms with Crippen LogP contribution < -0.4 is 0 Å². The van der Waals surface area contributed by atoms with E-state index in [1.165, 1.54) is 24.8 Å². The number of nitrogens with zero attached hydrogens (tertiary/aromatic N) is 1. The number of thioether (sulfide) groups is 1. The van der Waals surface area contributed by atoms with Crippen LogP contribution in [-0.2, 0) is 6.42 Å². The molecule has 0 bridgehead atoms. The average Bonchev–Trinajstić information content (AvgIpc) is 3.12. The van der Waals surface area contributed by atoms with E-state index >= 15 is 0 Å². The summed E-state index contributed by atoms with van der Waals surface area (Å²) in [6.07, 6.45) is 4.79. The molecule has 0 saturated carbocycles. The molecule has 2 aromatic rings. The van der Waals surface area contributed by atoms with Gasteiger partial charge < -0.3 is 4.90 Å². The van der Waals surface area contributed by atoms with E-state index in [2.05, 4.69) is 19.1 Å². The average molecular weight is 374 g/mol. The molecule has 0 aliphatic carbocycles. The third-order valence-electron chi connectivity index (χ3n) is 4.56. The Balaban J connectivity index is 1.71. The summed E-state index contributed by atoms with van der Waals surface area (Å²) in [6.45, 7) is 2.99. The molecule has 0 radical (unpaired) electrons. The Morgan fingerprint density at radius 2 is 2.00 bits per heavy atom. The number of unbranched alkanes of at least 4 members (excludes halogenated alkanes) is 2. The normalized spacial score (nSPS) is 17.0. The van der Waals surface area contributed by atoms with Gasteiger partial charge in [-0.25, -0.2) is 0 Å². The summed E-state index contributed by atoms with van der Waals surface area (Å²) in [5.74, 6) is 1.06. The molecular formula is C21H24ClNOS. The van der Waals surface area contributed by atoms with Gasteiger partial charge in [-0.3, -0.25) is 4.79 Å². The number of benzene rings is 2. The Morgan fingerprint density at radius 3 is 2.72 bits per heavy atom. The van der Waals surface area contributed by atoms with E-state index < -0.39 is 0 Å². The predicted molar refractivity (Wildman–Crippen MR) is 107 cm³/mol. The fourth-order valence-corrected chi connectivity index (χ4v) is 4.62. The quantitative estimate of drug-likeness (QED) is 0.582. The summed E-state index contributed by atoms with van der Waals surface area (Å²) in [5.41, 5.74) is 3.18. The van der Waals surface area contributed by atoms with E-state index in [0.717, 1.165) is 29.8 Å². The van der Waals surface area contributed by atoms with Gasteiger partial charge in [-0.1, -0.05) is 55.6 Å². The van der Waals surface area contributed by atoms with Crippen molar-refractivity contribution >= 4 is 29.3 Å². The zero-order valence-electron chi connectivity index (χ0n) is 14.6. The van der Waals surface area contributed by atoms with Crippen molar-refractivity contribution in [3.05, 3.63) is 70.2 Å². The zero-order chi connectivity index (χ0) is 17.6. The smallest absolute Gasteiger partial charge is 0.255 e. The summed E-state index contributed by atoms with van der Waals surface area (Å²) < 4.78 is 0. The van der Waals surface area contributed by atoms with Gasteiger partial charge in [0.2, 0.25) is 0 Å². The van der Waals surface area contributed by atoms with Crippen molar-refractivity contribution in [2.24, 2.45) is 0 Å². The lowest BCUT2D eigenvalue weighted by Crippen LogP contribution is -2.30. The largest absolute Gasteiger partial charge is 0.322 e. The Morgan fingerprint density at radius 1 is 1.20 bits per heavy atom. The minimum Gasteiger partial charge on any atom is -0.322 e. The molecule has 4 heteroatoms. The zero-order valence-corrected chi connectivity index (χ0v) is 16.2. The van der Waals surface area contributed by atoms with Crippen LogP contribution in [-0.4, -0.2) is 23.1 Å². The molecule has 1 fully saturated rings. The van der Waals surface area contributed by atoms with Crippen molar-refractivity contribution < 1.29 is 4.79 Å². The van der Waals surface area contributed by atoms with Gasteiger partial charge >= 0.3 is 0 Å². The summed E-state index contributed by atoms with van der Waals surface area (Å²) in [7, 11) is 0. The topological polar surface area (TPSA) is 20.3 Å². The predicted octanol–water partition coefficient (Wildman–Crippen LogP) is 5.96. The van der Waals surface area contributed by atoms with Crippen LogP contribution in [0.3, 0.4) is 0 Å². The first-order chi connectivity index (χ1) is 12.2. The number of carbonyl (C=O) groups is 1. The van der Waals surface area contributed by atoms with Gasteiger partial charge in [-0.15, -0.1) is 11.8 Å². The van der Waals surface area contributed by atoms with E-state index in [0.29, 0.717) is 5.02 Å². The summed E-state index contributed by atoms with van der Waals surface area (Å²) in [6, 6.07) is 16.0. The van der Waals surface area contributed by atoms with Crippen LogP contribution in [0.4, 0.5) is 0 Å². The summed E-state index contributed by atoms with van der Waals surface area (Å²) in [4.78, 5) is 14.9. The molecule has 0 N–H and O–H groups in total. The lowest BCUT2D eigenvalue weighted by molar-refractivity contribution is 0.0760. The molecule has 1 unspecified atom stereocenters. The third kappa shape index (κ3) is 4.59. The molecule has 0 spiro atoms. The van der Waals surface area contributed by atoms with Gasteiger partial charge in [0.05, 0.1) is 0 Å². The maximum absolute atomic E-state index is 13.0. The fourth-order valence-electron chi connectivity index (χ4n) is 3.17. The molecule has 2 nitrogen and oxygen atoms in total. The lowest BCUT2D eigenvalue weighted by atomic mass is 10.0.